The summed E-state index contributed by atoms with van der Waals surface area (Å²) in [6, 6.07) is 2.99. The minimum atomic E-state index is -0.813. The summed E-state index contributed by atoms with van der Waals surface area (Å²) in [6.07, 6.45) is 1.24. The summed E-state index contributed by atoms with van der Waals surface area (Å²) in [5.41, 5.74) is 0. The van der Waals surface area contributed by atoms with E-state index in [4.69, 9.17) is 4.74 Å². The van der Waals surface area contributed by atoms with E-state index in [9.17, 15) is 13.6 Å². The molecule has 6 heteroatoms. The molecular weight excluding hydrogens is 314 g/mol. The molecule has 1 heterocycles. The van der Waals surface area contributed by atoms with E-state index in [0.29, 0.717) is 11.8 Å². The number of nitrogens with zero attached hydrogens (tertiary/aromatic N) is 1. The number of carbonyl (C=O) groups excluding carboxylic acids is 1. The van der Waals surface area contributed by atoms with Crippen LogP contribution in [-0.2, 0) is 4.79 Å². The van der Waals surface area contributed by atoms with Gasteiger partial charge in [-0.2, -0.15) is 0 Å². The number of hydrogen-bond acceptors (Lipinski definition) is 3. The predicted molar refractivity (Wildman–Crippen MR) is 88.8 cm³/mol. The van der Waals surface area contributed by atoms with Gasteiger partial charge in [0.05, 0.1) is 0 Å². The van der Waals surface area contributed by atoms with Crippen molar-refractivity contribution in [2.24, 2.45) is 11.8 Å². The van der Waals surface area contributed by atoms with Crippen molar-refractivity contribution in [2.45, 2.75) is 33.2 Å². The molecule has 4 nitrogen and oxygen atoms in total. The summed E-state index contributed by atoms with van der Waals surface area (Å²) >= 11 is 0. The standard InChI is InChI=1S/C18H26F2N2O2/c1-12-6-13(2)9-22(8-12)10-14(3)21-18(23)11-24-17-5-4-15(19)7-16(17)20/h4-5,7,12-14H,6,8-11H2,1-3H3,(H,21,23)/t12-,13-,14+/m1/s1. The molecule has 1 aromatic carbocycles. The molecule has 3 atom stereocenters. The summed E-state index contributed by atoms with van der Waals surface area (Å²) in [5, 5.41) is 2.86. The average Bonchev–Trinajstić information content (AvgIpc) is 2.44. The zero-order valence-electron chi connectivity index (χ0n) is 14.5. The van der Waals surface area contributed by atoms with Crippen molar-refractivity contribution in [2.75, 3.05) is 26.2 Å². The highest BCUT2D eigenvalue weighted by Crippen LogP contribution is 2.21. The van der Waals surface area contributed by atoms with Gasteiger partial charge in [-0.3, -0.25) is 4.79 Å². The van der Waals surface area contributed by atoms with E-state index in [1.165, 1.54) is 12.5 Å². The SMILES string of the molecule is C[C@@H]1C[C@@H](C)CN(C[C@H](C)NC(=O)COc2ccc(F)cc2F)C1. The monoisotopic (exact) mass is 340 g/mol. The quantitative estimate of drug-likeness (QED) is 0.866. The Hall–Kier alpha value is -1.69. The van der Waals surface area contributed by atoms with Crippen LogP contribution in [0.3, 0.4) is 0 Å². The lowest BCUT2D eigenvalue weighted by Gasteiger charge is -2.36. The van der Waals surface area contributed by atoms with E-state index in [0.717, 1.165) is 31.8 Å². The van der Waals surface area contributed by atoms with Crippen molar-refractivity contribution in [3.63, 3.8) is 0 Å². The molecule has 1 saturated heterocycles. The zero-order chi connectivity index (χ0) is 17.7. The second-order valence-electron chi connectivity index (χ2n) is 7.00. The molecule has 1 N–H and O–H groups in total. The maximum absolute atomic E-state index is 13.4. The van der Waals surface area contributed by atoms with Gasteiger partial charge in [0.2, 0.25) is 0 Å². The molecule has 1 fully saturated rings. The highest BCUT2D eigenvalue weighted by Gasteiger charge is 2.23. The van der Waals surface area contributed by atoms with Crippen LogP contribution in [0.1, 0.15) is 27.2 Å². The summed E-state index contributed by atoms with van der Waals surface area (Å²) in [4.78, 5) is 14.3. The molecule has 0 aromatic heterocycles. The summed E-state index contributed by atoms with van der Waals surface area (Å²) < 4.78 is 31.4. The molecule has 24 heavy (non-hydrogen) atoms. The van der Waals surface area contributed by atoms with E-state index >= 15 is 0 Å². The van der Waals surface area contributed by atoms with Crippen molar-refractivity contribution >= 4 is 5.91 Å². The van der Waals surface area contributed by atoms with Crippen molar-refractivity contribution in [3.05, 3.63) is 29.8 Å². The number of hydrogen-bond donors (Lipinski definition) is 1. The second kappa shape index (κ2) is 8.42. The minimum Gasteiger partial charge on any atom is -0.481 e. The molecule has 1 amide bonds. The van der Waals surface area contributed by atoms with Crippen LogP contribution >= 0.6 is 0 Å². The molecule has 0 spiro atoms. The fourth-order valence-electron chi connectivity index (χ4n) is 3.43. The smallest absolute Gasteiger partial charge is 0.258 e. The number of benzene rings is 1. The normalized spacial score (nSPS) is 22.9. The van der Waals surface area contributed by atoms with Gasteiger partial charge in [0.25, 0.3) is 5.91 Å². The summed E-state index contributed by atoms with van der Waals surface area (Å²) in [7, 11) is 0. The first-order valence-electron chi connectivity index (χ1n) is 8.43. The van der Waals surface area contributed by atoms with Crippen LogP contribution < -0.4 is 10.1 Å². The Morgan fingerprint density at radius 3 is 2.62 bits per heavy atom. The summed E-state index contributed by atoms with van der Waals surface area (Å²) in [5.74, 6) is -0.597. The van der Waals surface area contributed by atoms with Gasteiger partial charge in [0.15, 0.2) is 18.2 Å². The molecule has 1 aliphatic rings. The van der Waals surface area contributed by atoms with Gasteiger partial charge in [-0.1, -0.05) is 13.8 Å². The Balaban J connectivity index is 1.75. The Labute approximate surface area is 142 Å². The van der Waals surface area contributed by atoms with Crippen LogP contribution in [0.4, 0.5) is 8.78 Å². The van der Waals surface area contributed by atoms with E-state index in [1.807, 2.05) is 6.92 Å². The lowest BCUT2D eigenvalue weighted by Crippen LogP contribution is -2.47. The number of ether oxygens (including phenoxy) is 1. The van der Waals surface area contributed by atoms with Gasteiger partial charge < -0.3 is 15.0 Å². The van der Waals surface area contributed by atoms with Crippen LogP contribution in [0.5, 0.6) is 5.75 Å². The predicted octanol–water partition coefficient (Wildman–Crippen LogP) is 2.83. The molecule has 1 aliphatic heterocycles. The fourth-order valence-corrected chi connectivity index (χ4v) is 3.43. The van der Waals surface area contributed by atoms with E-state index in [1.54, 1.807) is 0 Å². The van der Waals surface area contributed by atoms with Crippen LogP contribution in [0, 0.1) is 23.5 Å². The molecule has 0 aliphatic carbocycles. The third-order valence-electron chi connectivity index (χ3n) is 4.14. The Bertz CT molecular complexity index is 558. The van der Waals surface area contributed by atoms with Gasteiger partial charge in [-0.05, 0) is 37.3 Å². The maximum Gasteiger partial charge on any atom is 0.258 e. The van der Waals surface area contributed by atoms with Gasteiger partial charge in [0, 0.05) is 31.7 Å². The van der Waals surface area contributed by atoms with Crippen LogP contribution in [-0.4, -0.2) is 43.1 Å². The van der Waals surface area contributed by atoms with Crippen molar-refractivity contribution in [1.29, 1.82) is 0 Å². The van der Waals surface area contributed by atoms with Crippen molar-refractivity contribution in [1.82, 2.24) is 10.2 Å². The molecule has 0 saturated carbocycles. The number of carbonyl (C=O) groups is 1. The minimum absolute atomic E-state index is 0.0170. The van der Waals surface area contributed by atoms with Gasteiger partial charge in [-0.25, -0.2) is 8.78 Å². The first kappa shape index (κ1) is 18.6. The number of piperidine rings is 1. The molecule has 134 valence electrons. The van der Waals surface area contributed by atoms with Crippen LogP contribution in [0.15, 0.2) is 18.2 Å². The van der Waals surface area contributed by atoms with Crippen molar-refractivity contribution < 1.29 is 18.3 Å². The van der Waals surface area contributed by atoms with Crippen LogP contribution in [0.2, 0.25) is 0 Å². The maximum atomic E-state index is 13.4. The number of amides is 1. The van der Waals surface area contributed by atoms with E-state index in [-0.39, 0.29) is 24.3 Å². The lowest BCUT2D eigenvalue weighted by molar-refractivity contribution is -0.123. The molecule has 0 radical (unpaired) electrons. The van der Waals surface area contributed by atoms with Gasteiger partial charge in [0.1, 0.15) is 5.82 Å². The Morgan fingerprint density at radius 1 is 1.33 bits per heavy atom. The second-order valence-corrected chi connectivity index (χ2v) is 7.00. The highest BCUT2D eigenvalue weighted by atomic mass is 19.1. The Morgan fingerprint density at radius 2 is 2.00 bits per heavy atom. The van der Waals surface area contributed by atoms with Gasteiger partial charge >= 0.3 is 0 Å². The molecule has 0 unspecified atom stereocenters. The first-order valence-corrected chi connectivity index (χ1v) is 8.43. The highest BCUT2D eigenvalue weighted by molar-refractivity contribution is 5.77. The number of halogens is 2. The van der Waals surface area contributed by atoms with Crippen molar-refractivity contribution in [3.8, 4) is 5.75 Å². The van der Waals surface area contributed by atoms with Gasteiger partial charge in [-0.15, -0.1) is 0 Å². The fraction of sp³-hybridized carbons (Fsp3) is 0.611. The third-order valence-corrected chi connectivity index (χ3v) is 4.14. The third kappa shape index (κ3) is 5.74. The molecular formula is C18H26F2N2O2. The average molecular weight is 340 g/mol. The lowest BCUT2D eigenvalue weighted by atomic mass is 9.92. The summed E-state index contributed by atoms with van der Waals surface area (Å²) in [6.45, 7) is 9.02. The molecule has 1 aromatic rings. The number of nitrogens with one attached hydrogen (secondary N) is 1. The Kier molecular flexibility index (Phi) is 6.54. The van der Waals surface area contributed by atoms with Crippen LogP contribution in [0.25, 0.3) is 0 Å². The van der Waals surface area contributed by atoms with E-state index < -0.39 is 11.6 Å². The van der Waals surface area contributed by atoms with E-state index in [2.05, 4.69) is 24.1 Å². The zero-order valence-corrected chi connectivity index (χ0v) is 14.5. The number of likely N-dealkylation sites (tertiary alicyclic amines) is 1. The molecule has 0 bridgehead atoms. The largest absolute Gasteiger partial charge is 0.481 e. The first-order chi connectivity index (χ1) is 11.3. The number of rotatable bonds is 6. The molecule has 2 rings (SSSR count). The topological polar surface area (TPSA) is 41.6 Å².